The predicted molar refractivity (Wildman–Crippen MR) is 105 cm³/mol. The number of carbonyl (C=O) groups excluding carboxylic acids is 2. The number of rotatable bonds is 7. The Labute approximate surface area is 160 Å². The molecule has 6 nitrogen and oxygen atoms in total. The van der Waals surface area contributed by atoms with Crippen LogP contribution in [0.2, 0.25) is 0 Å². The van der Waals surface area contributed by atoms with Crippen LogP contribution in [0.1, 0.15) is 29.8 Å². The van der Waals surface area contributed by atoms with Gasteiger partial charge in [0.05, 0.1) is 11.4 Å². The first-order chi connectivity index (χ1) is 12.7. The normalized spacial score (nSPS) is 11.4. The summed E-state index contributed by atoms with van der Waals surface area (Å²) in [6, 6.07) is 13.2. The van der Waals surface area contributed by atoms with Crippen LogP contribution in [0, 0.1) is 6.92 Å². The van der Waals surface area contributed by atoms with Crippen LogP contribution < -0.4 is 4.90 Å². The molecule has 0 radical (unpaired) electrons. The number of amides is 1. The van der Waals surface area contributed by atoms with E-state index in [-0.39, 0.29) is 23.1 Å². The van der Waals surface area contributed by atoms with Gasteiger partial charge >= 0.3 is 0 Å². The Morgan fingerprint density at radius 1 is 1.00 bits per heavy atom. The summed E-state index contributed by atoms with van der Waals surface area (Å²) in [4.78, 5) is 25.7. The molecule has 0 fully saturated rings. The van der Waals surface area contributed by atoms with Gasteiger partial charge in [0.1, 0.15) is 0 Å². The van der Waals surface area contributed by atoms with Crippen molar-refractivity contribution in [2.45, 2.75) is 25.7 Å². The van der Waals surface area contributed by atoms with Crippen LogP contribution in [-0.2, 0) is 14.8 Å². The minimum Gasteiger partial charge on any atom is -0.311 e. The number of anilines is 1. The summed E-state index contributed by atoms with van der Waals surface area (Å²) in [7, 11) is -2.46. The largest absolute Gasteiger partial charge is 0.311 e. The van der Waals surface area contributed by atoms with Crippen molar-refractivity contribution in [3.05, 3.63) is 59.7 Å². The lowest BCUT2D eigenvalue weighted by Gasteiger charge is -2.25. The molecule has 2 aromatic carbocycles. The molecule has 0 atom stereocenters. The lowest BCUT2D eigenvalue weighted by molar-refractivity contribution is -0.118. The molecule has 144 valence electrons. The third kappa shape index (κ3) is 4.61. The summed E-state index contributed by atoms with van der Waals surface area (Å²) in [5.41, 5.74) is 2.14. The first-order valence-corrected chi connectivity index (χ1v) is 10.1. The molecule has 0 aliphatic heterocycles. The highest BCUT2D eigenvalue weighted by Gasteiger charge is 2.26. The smallest absolute Gasteiger partial charge is 0.243 e. The molecule has 0 aliphatic rings. The van der Waals surface area contributed by atoms with Crippen molar-refractivity contribution in [3.63, 3.8) is 0 Å². The van der Waals surface area contributed by atoms with Gasteiger partial charge in [0, 0.05) is 24.8 Å². The van der Waals surface area contributed by atoms with E-state index in [0.717, 1.165) is 15.6 Å². The minimum absolute atomic E-state index is 0.0433. The highest BCUT2D eigenvalue weighted by Crippen LogP contribution is 2.21. The van der Waals surface area contributed by atoms with Crippen molar-refractivity contribution in [3.8, 4) is 0 Å². The van der Waals surface area contributed by atoms with Crippen molar-refractivity contribution in [1.29, 1.82) is 0 Å². The number of aryl methyl sites for hydroxylation is 1. The molecule has 2 rings (SSSR count). The Hall–Kier alpha value is -2.51. The molecule has 0 saturated heterocycles. The van der Waals surface area contributed by atoms with E-state index in [9.17, 15) is 18.0 Å². The monoisotopic (exact) mass is 388 g/mol. The zero-order valence-electron chi connectivity index (χ0n) is 16.0. The molecule has 0 heterocycles. The van der Waals surface area contributed by atoms with Gasteiger partial charge in [-0.15, -0.1) is 0 Å². The van der Waals surface area contributed by atoms with Crippen molar-refractivity contribution >= 4 is 27.4 Å². The fourth-order valence-corrected chi connectivity index (χ4v) is 3.87. The molecule has 0 bridgehead atoms. The van der Waals surface area contributed by atoms with Crippen molar-refractivity contribution in [2.75, 3.05) is 25.0 Å². The molecule has 0 aliphatic carbocycles. The highest BCUT2D eigenvalue weighted by molar-refractivity contribution is 7.89. The second kappa shape index (κ2) is 8.45. The first kappa shape index (κ1) is 20.8. The second-order valence-corrected chi connectivity index (χ2v) is 8.31. The lowest BCUT2D eigenvalue weighted by Crippen LogP contribution is -2.41. The van der Waals surface area contributed by atoms with Gasteiger partial charge in [-0.25, -0.2) is 8.42 Å². The van der Waals surface area contributed by atoms with E-state index < -0.39 is 10.0 Å². The van der Waals surface area contributed by atoms with E-state index in [1.54, 1.807) is 4.90 Å². The van der Waals surface area contributed by atoms with Gasteiger partial charge < -0.3 is 4.90 Å². The van der Waals surface area contributed by atoms with Crippen LogP contribution in [-0.4, -0.2) is 44.6 Å². The van der Waals surface area contributed by atoms with Gasteiger partial charge in [0.2, 0.25) is 15.9 Å². The molecule has 7 heteroatoms. The van der Waals surface area contributed by atoms with Gasteiger partial charge in [0.25, 0.3) is 0 Å². The number of carbonyl (C=O) groups is 2. The number of likely N-dealkylation sites (N-methyl/N-ethyl adjacent to an activating group) is 2. The number of ketones is 1. The summed E-state index contributed by atoms with van der Waals surface area (Å²) in [6.45, 7) is 5.32. The lowest BCUT2D eigenvalue weighted by atomic mass is 10.2. The summed E-state index contributed by atoms with van der Waals surface area (Å²) >= 11 is 0. The Morgan fingerprint density at radius 3 is 2.11 bits per heavy atom. The zero-order valence-corrected chi connectivity index (χ0v) is 16.8. The van der Waals surface area contributed by atoms with Crippen LogP contribution in [0.25, 0.3) is 0 Å². The van der Waals surface area contributed by atoms with Crippen LogP contribution >= 0.6 is 0 Å². The van der Waals surface area contributed by atoms with E-state index in [2.05, 4.69) is 0 Å². The molecule has 0 saturated carbocycles. The molecule has 2 aromatic rings. The summed E-state index contributed by atoms with van der Waals surface area (Å²) < 4.78 is 26.5. The Bertz CT molecular complexity index is 937. The zero-order chi connectivity index (χ0) is 20.2. The molecule has 0 N–H and O–H groups in total. The number of sulfonamides is 1. The average Bonchev–Trinajstić information content (AvgIpc) is 2.63. The van der Waals surface area contributed by atoms with Gasteiger partial charge in [-0.05, 0) is 44.5 Å². The maximum absolute atomic E-state index is 12.7. The van der Waals surface area contributed by atoms with E-state index in [0.29, 0.717) is 12.1 Å². The molecule has 27 heavy (non-hydrogen) atoms. The van der Waals surface area contributed by atoms with Gasteiger partial charge in [-0.2, -0.15) is 4.31 Å². The number of nitrogens with zero attached hydrogens (tertiary/aromatic N) is 2. The van der Waals surface area contributed by atoms with Crippen LogP contribution in [0.15, 0.2) is 53.4 Å². The summed E-state index contributed by atoms with van der Waals surface area (Å²) in [5, 5.41) is 0. The third-order valence-electron chi connectivity index (χ3n) is 4.35. The van der Waals surface area contributed by atoms with Crippen molar-refractivity contribution in [1.82, 2.24) is 4.31 Å². The Kier molecular flexibility index (Phi) is 6.51. The molecule has 0 aromatic heterocycles. The molecular formula is C20H24N2O4S. The number of benzene rings is 2. The molecular weight excluding hydrogens is 364 g/mol. The first-order valence-electron chi connectivity index (χ1n) is 8.61. The fraction of sp³-hybridized carbons (Fsp3) is 0.300. The van der Waals surface area contributed by atoms with Crippen molar-refractivity contribution < 1.29 is 18.0 Å². The topological polar surface area (TPSA) is 74.8 Å². The van der Waals surface area contributed by atoms with Crippen LogP contribution in [0.4, 0.5) is 5.69 Å². The van der Waals surface area contributed by atoms with Crippen LogP contribution in [0.3, 0.4) is 0 Å². The van der Waals surface area contributed by atoms with Crippen molar-refractivity contribution in [2.24, 2.45) is 0 Å². The second-order valence-electron chi connectivity index (χ2n) is 6.27. The van der Waals surface area contributed by atoms with E-state index >= 15 is 0 Å². The number of para-hydroxylation sites is 1. The summed E-state index contributed by atoms with van der Waals surface area (Å²) in [5.74, 6) is -0.447. The SMILES string of the molecule is CCN(C(=O)CN(C)S(=O)(=O)c1ccc(C(C)=O)cc1)c1ccccc1C. The quantitative estimate of drug-likeness (QED) is 0.684. The minimum atomic E-state index is -3.84. The van der Waals surface area contributed by atoms with E-state index in [1.807, 2.05) is 38.1 Å². The highest BCUT2D eigenvalue weighted by atomic mass is 32.2. The maximum Gasteiger partial charge on any atom is 0.243 e. The Morgan fingerprint density at radius 2 is 1.59 bits per heavy atom. The average molecular weight is 388 g/mol. The standard InChI is InChI=1S/C20H24N2O4S/c1-5-22(19-9-7-6-8-15(19)2)20(24)14-21(4)27(25,26)18-12-10-17(11-13-18)16(3)23/h6-13H,5,14H2,1-4H3. The van der Waals surface area contributed by atoms with Gasteiger partial charge in [-0.1, -0.05) is 30.3 Å². The molecule has 1 amide bonds. The van der Waals surface area contributed by atoms with Gasteiger partial charge in [-0.3, -0.25) is 9.59 Å². The summed E-state index contributed by atoms with van der Waals surface area (Å²) in [6.07, 6.45) is 0. The third-order valence-corrected chi connectivity index (χ3v) is 6.17. The van der Waals surface area contributed by atoms with E-state index in [1.165, 1.54) is 38.2 Å². The van der Waals surface area contributed by atoms with E-state index in [4.69, 9.17) is 0 Å². The maximum atomic E-state index is 12.7. The molecule has 0 spiro atoms. The molecule has 0 unspecified atom stereocenters. The Balaban J connectivity index is 2.21. The predicted octanol–water partition coefficient (Wildman–Crippen LogP) is 2.87. The van der Waals surface area contributed by atoms with Crippen LogP contribution in [0.5, 0.6) is 0 Å². The number of hydrogen-bond donors (Lipinski definition) is 0. The fourth-order valence-electron chi connectivity index (χ4n) is 2.75. The number of hydrogen-bond acceptors (Lipinski definition) is 4. The number of Topliss-reactive ketones (excluding diaryl/α,β-unsaturated/α-hetero) is 1. The van der Waals surface area contributed by atoms with Gasteiger partial charge in [0.15, 0.2) is 5.78 Å².